The second-order valence-corrected chi connectivity index (χ2v) is 5.05. The highest BCUT2D eigenvalue weighted by atomic mass is 79.9. The predicted octanol–water partition coefficient (Wildman–Crippen LogP) is 3.74. The Morgan fingerprint density at radius 2 is 2.06 bits per heavy atom. The number of nitrogens with one attached hydrogen (secondary N) is 1. The number of rotatable bonds is 5. The van der Waals surface area contributed by atoms with Crippen molar-refractivity contribution in [1.82, 2.24) is 10.3 Å². The Bertz CT molecular complexity index is 485. The number of nitrogens with zero attached hydrogens (tertiary/aromatic N) is 1. The van der Waals surface area contributed by atoms with Gasteiger partial charge in [0.15, 0.2) is 0 Å². The molecule has 2 aromatic rings. The Morgan fingerprint density at radius 3 is 2.72 bits per heavy atom. The molecule has 2 nitrogen and oxygen atoms in total. The Balaban J connectivity index is 2.19. The van der Waals surface area contributed by atoms with Crippen LogP contribution in [0.2, 0.25) is 0 Å². The maximum atomic E-state index is 4.20. The molecule has 1 unspecified atom stereocenters. The normalized spacial score (nSPS) is 12.3. The van der Waals surface area contributed by atoms with Crippen LogP contribution in [0.4, 0.5) is 0 Å². The second-order valence-electron chi connectivity index (χ2n) is 4.19. The Labute approximate surface area is 117 Å². The van der Waals surface area contributed by atoms with Gasteiger partial charge in [-0.1, -0.05) is 47.1 Å². The highest BCUT2D eigenvalue weighted by Crippen LogP contribution is 2.23. The summed E-state index contributed by atoms with van der Waals surface area (Å²) in [5, 5.41) is 3.51. The lowest BCUT2D eigenvalue weighted by Crippen LogP contribution is -2.23. The van der Waals surface area contributed by atoms with Crippen LogP contribution >= 0.6 is 15.9 Å². The molecule has 94 valence electrons. The zero-order valence-corrected chi connectivity index (χ0v) is 12.0. The number of halogens is 1. The minimum atomic E-state index is 0.308. The minimum Gasteiger partial charge on any atom is -0.310 e. The van der Waals surface area contributed by atoms with Gasteiger partial charge in [0.1, 0.15) is 0 Å². The fourth-order valence-electron chi connectivity index (χ4n) is 2.02. The van der Waals surface area contributed by atoms with Gasteiger partial charge in [0.2, 0.25) is 0 Å². The summed E-state index contributed by atoms with van der Waals surface area (Å²) in [4.78, 5) is 4.20. The summed E-state index contributed by atoms with van der Waals surface area (Å²) in [5.74, 6) is 0. The molecule has 3 heteroatoms. The van der Waals surface area contributed by atoms with E-state index >= 15 is 0 Å². The lowest BCUT2D eigenvalue weighted by molar-refractivity contribution is 0.547. The van der Waals surface area contributed by atoms with Crippen LogP contribution in [0.5, 0.6) is 0 Å². The molecule has 0 fully saturated rings. The Kier molecular flexibility index (Phi) is 4.90. The predicted molar refractivity (Wildman–Crippen MR) is 78.5 cm³/mol. The summed E-state index contributed by atoms with van der Waals surface area (Å²) in [6.07, 6.45) is 4.70. The molecule has 1 heterocycles. The summed E-state index contributed by atoms with van der Waals surface area (Å²) < 4.78 is 1.16. The van der Waals surface area contributed by atoms with Crippen molar-refractivity contribution in [3.63, 3.8) is 0 Å². The van der Waals surface area contributed by atoms with E-state index in [0.29, 0.717) is 6.04 Å². The molecule has 0 saturated heterocycles. The molecule has 0 radical (unpaired) electrons. The lowest BCUT2D eigenvalue weighted by atomic mass is 10.0. The standard InChI is InChI=1S/C15H17BrN2/c1-2-18-15(13-7-5-9-17-11-13)10-12-6-3-4-8-14(12)16/h3-9,11,15,18H,2,10H2,1H3. The van der Waals surface area contributed by atoms with E-state index in [0.717, 1.165) is 17.4 Å². The molecule has 0 spiro atoms. The Morgan fingerprint density at radius 1 is 1.22 bits per heavy atom. The van der Waals surface area contributed by atoms with E-state index in [4.69, 9.17) is 0 Å². The van der Waals surface area contributed by atoms with E-state index in [1.54, 1.807) is 0 Å². The van der Waals surface area contributed by atoms with Crippen molar-refractivity contribution in [1.29, 1.82) is 0 Å². The van der Waals surface area contributed by atoms with Gasteiger partial charge in [-0.25, -0.2) is 0 Å². The van der Waals surface area contributed by atoms with Crippen molar-refractivity contribution in [2.75, 3.05) is 6.54 Å². The van der Waals surface area contributed by atoms with E-state index in [1.165, 1.54) is 11.1 Å². The van der Waals surface area contributed by atoms with Gasteiger partial charge < -0.3 is 5.32 Å². The van der Waals surface area contributed by atoms with Gasteiger partial charge in [-0.05, 0) is 36.2 Å². The molecular formula is C15H17BrN2. The van der Waals surface area contributed by atoms with Gasteiger partial charge >= 0.3 is 0 Å². The SMILES string of the molecule is CCNC(Cc1ccccc1Br)c1cccnc1. The largest absolute Gasteiger partial charge is 0.310 e. The molecule has 1 N–H and O–H groups in total. The third kappa shape index (κ3) is 3.40. The molecule has 0 amide bonds. The molecule has 2 rings (SSSR count). The molecule has 1 aromatic heterocycles. The van der Waals surface area contributed by atoms with Crippen molar-refractivity contribution in [3.05, 3.63) is 64.4 Å². The molecule has 1 atom stereocenters. The molecule has 0 aliphatic carbocycles. The molecule has 18 heavy (non-hydrogen) atoms. The van der Waals surface area contributed by atoms with E-state index in [1.807, 2.05) is 24.5 Å². The first-order chi connectivity index (χ1) is 8.81. The van der Waals surface area contributed by atoms with E-state index < -0.39 is 0 Å². The average molecular weight is 305 g/mol. The summed E-state index contributed by atoms with van der Waals surface area (Å²) in [5.41, 5.74) is 2.54. The number of hydrogen-bond donors (Lipinski definition) is 1. The van der Waals surface area contributed by atoms with Gasteiger partial charge in [-0.3, -0.25) is 4.98 Å². The zero-order valence-electron chi connectivity index (χ0n) is 10.4. The lowest BCUT2D eigenvalue weighted by Gasteiger charge is -2.18. The smallest absolute Gasteiger partial charge is 0.0376 e. The van der Waals surface area contributed by atoms with Crippen LogP contribution in [0.1, 0.15) is 24.1 Å². The van der Waals surface area contributed by atoms with E-state index in [2.05, 4.69) is 57.4 Å². The first kappa shape index (κ1) is 13.2. The van der Waals surface area contributed by atoms with Crippen LogP contribution in [0.25, 0.3) is 0 Å². The maximum absolute atomic E-state index is 4.20. The molecule has 0 aliphatic rings. The topological polar surface area (TPSA) is 24.9 Å². The number of pyridine rings is 1. The Hall–Kier alpha value is -1.19. The molecule has 0 saturated carbocycles. The number of benzene rings is 1. The second kappa shape index (κ2) is 6.66. The summed E-state index contributed by atoms with van der Waals surface area (Å²) in [7, 11) is 0. The molecule has 0 aliphatic heterocycles. The van der Waals surface area contributed by atoms with Crippen molar-refractivity contribution in [2.24, 2.45) is 0 Å². The van der Waals surface area contributed by atoms with Crippen LogP contribution < -0.4 is 5.32 Å². The monoisotopic (exact) mass is 304 g/mol. The first-order valence-electron chi connectivity index (χ1n) is 6.18. The van der Waals surface area contributed by atoms with E-state index in [9.17, 15) is 0 Å². The fraction of sp³-hybridized carbons (Fsp3) is 0.267. The van der Waals surface area contributed by atoms with Crippen LogP contribution in [0, 0.1) is 0 Å². The third-order valence-electron chi connectivity index (χ3n) is 2.92. The van der Waals surface area contributed by atoms with Gasteiger partial charge in [-0.2, -0.15) is 0 Å². The van der Waals surface area contributed by atoms with Crippen molar-refractivity contribution in [3.8, 4) is 0 Å². The summed E-state index contributed by atoms with van der Waals surface area (Å²) >= 11 is 3.61. The first-order valence-corrected chi connectivity index (χ1v) is 6.97. The van der Waals surface area contributed by atoms with Crippen molar-refractivity contribution in [2.45, 2.75) is 19.4 Å². The number of aromatic nitrogens is 1. The number of hydrogen-bond acceptors (Lipinski definition) is 2. The minimum absolute atomic E-state index is 0.308. The highest BCUT2D eigenvalue weighted by molar-refractivity contribution is 9.10. The van der Waals surface area contributed by atoms with Crippen LogP contribution in [0.3, 0.4) is 0 Å². The fourth-order valence-corrected chi connectivity index (χ4v) is 2.47. The molecular weight excluding hydrogens is 288 g/mol. The number of likely N-dealkylation sites (N-methyl/N-ethyl adjacent to an activating group) is 1. The average Bonchev–Trinajstić information content (AvgIpc) is 2.42. The molecule has 0 bridgehead atoms. The van der Waals surface area contributed by atoms with Gasteiger partial charge in [0, 0.05) is 22.9 Å². The van der Waals surface area contributed by atoms with Crippen molar-refractivity contribution < 1.29 is 0 Å². The van der Waals surface area contributed by atoms with Crippen LogP contribution in [0.15, 0.2) is 53.3 Å². The van der Waals surface area contributed by atoms with Crippen molar-refractivity contribution >= 4 is 15.9 Å². The zero-order chi connectivity index (χ0) is 12.8. The van der Waals surface area contributed by atoms with Crippen LogP contribution in [-0.4, -0.2) is 11.5 Å². The van der Waals surface area contributed by atoms with E-state index in [-0.39, 0.29) is 0 Å². The quantitative estimate of drug-likeness (QED) is 0.910. The summed E-state index contributed by atoms with van der Waals surface area (Å²) in [6, 6.07) is 12.8. The van der Waals surface area contributed by atoms with Gasteiger partial charge in [0.25, 0.3) is 0 Å². The van der Waals surface area contributed by atoms with Crippen LogP contribution in [-0.2, 0) is 6.42 Å². The maximum Gasteiger partial charge on any atom is 0.0376 e. The van der Waals surface area contributed by atoms with Gasteiger partial charge in [0.05, 0.1) is 0 Å². The van der Waals surface area contributed by atoms with Gasteiger partial charge in [-0.15, -0.1) is 0 Å². The molecule has 1 aromatic carbocycles. The highest BCUT2D eigenvalue weighted by Gasteiger charge is 2.12. The summed E-state index contributed by atoms with van der Waals surface area (Å²) in [6.45, 7) is 3.08. The third-order valence-corrected chi connectivity index (χ3v) is 3.69.